The number of hydrogen-bond acceptors (Lipinski definition) is 3. The van der Waals surface area contributed by atoms with Crippen LogP contribution in [-0.4, -0.2) is 22.3 Å². The van der Waals surface area contributed by atoms with Crippen LogP contribution in [-0.2, 0) is 11.2 Å². The Morgan fingerprint density at radius 2 is 2.04 bits per heavy atom. The van der Waals surface area contributed by atoms with Crippen molar-refractivity contribution < 1.29 is 9.53 Å². The first kappa shape index (κ1) is 14.3. The maximum Gasteiger partial charge on any atom is 0.232 e. The third kappa shape index (κ3) is 2.83. The monoisotopic (exact) mass is 311 g/mol. The van der Waals surface area contributed by atoms with Gasteiger partial charge in [0.1, 0.15) is 18.2 Å². The molecule has 1 aliphatic heterocycles. The molecule has 5 heteroatoms. The van der Waals surface area contributed by atoms with E-state index in [1.165, 1.54) is 12.8 Å². The summed E-state index contributed by atoms with van der Waals surface area (Å²) in [5.74, 6) is 1.56. The number of para-hydroxylation sites is 1. The zero-order valence-corrected chi connectivity index (χ0v) is 13.1. The van der Waals surface area contributed by atoms with Crippen molar-refractivity contribution >= 4 is 11.7 Å². The highest BCUT2D eigenvalue weighted by molar-refractivity contribution is 5.92. The molecule has 1 aromatic carbocycles. The molecule has 120 valence electrons. The Balaban J connectivity index is 1.46. The number of fused-ring (bicyclic) bond motifs is 1. The molecular formula is C18H21N3O2. The Labute approximate surface area is 135 Å². The van der Waals surface area contributed by atoms with Crippen LogP contribution < -0.4 is 10.1 Å². The standard InChI is InChI=1S/C18H21N3O2/c22-18(14-11-13-5-1-4-8-16(13)23-12-14)20-17-9-10-19-21(17)15-6-2-3-7-15/h1,4-5,8-10,14-15H,2-3,6-7,11-12H2,(H,20,22). The summed E-state index contributed by atoms with van der Waals surface area (Å²) in [5, 5.41) is 7.45. The molecule has 4 rings (SSSR count). The van der Waals surface area contributed by atoms with Gasteiger partial charge < -0.3 is 10.1 Å². The van der Waals surface area contributed by atoms with Crippen molar-refractivity contribution in [2.24, 2.45) is 5.92 Å². The minimum absolute atomic E-state index is 0.0132. The Bertz CT molecular complexity index is 704. The van der Waals surface area contributed by atoms with Crippen molar-refractivity contribution in [3.63, 3.8) is 0 Å². The fourth-order valence-corrected chi connectivity index (χ4v) is 3.58. The zero-order chi connectivity index (χ0) is 15.6. The van der Waals surface area contributed by atoms with Gasteiger partial charge in [0.15, 0.2) is 0 Å². The van der Waals surface area contributed by atoms with Crippen LogP contribution in [0.2, 0.25) is 0 Å². The van der Waals surface area contributed by atoms with Gasteiger partial charge in [-0.3, -0.25) is 4.79 Å². The predicted octanol–water partition coefficient (Wildman–Crippen LogP) is 3.19. The fourth-order valence-electron chi connectivity index (χ4n) is 3.58. The quantitative estimate of drug-likeness (QED) is 0.947. The van der Waals surface area contributed by atoms with Crippen LogP contribution >= 0.6 is 0 Å². The second kappa shape index (κ2) is 6.07. The van der Waals surface area contributed by atoms with Crippen LogP contribution in [0.25, 0.3) is 0 Å². The second-order valence-electron chi connectivity index (χ2n) is 6.41. The van der Waals surface area contributed by atoms with Gasteiger partial charge in [-0.25, -0.2) is 4.68 Å². The molecule has 1 saturated carbocycles. The number of carbonyl (C=O) groups is 1. The third-order valence-corrected chi connectivity index (χ3v) is 4.84. The molecule has 1 unspecified atom stereocenters. The van der Waals surface area contributed by atoms with Gasteiger partial charge >= 0.3 is 0 Å². The minimum atomic E-state index is -0.156. The van der Waals surface area contributed by atoms with Crippen molar-refractivity contribution in [3.8, 4) is 5.75 Å². The molecule has 23 heavy (non-hydrogen) atoms. The number of carbonyl (C=O) groups excluding carboxylic acids is 1. The molecular weight excluding hydrogens is 290 g/mol. The van der Waals surface area contributed by atoms with Gasteiger partial charge in [-0.1, -0.05) is 31.0 Å². The highest BCUT2D eigenvalue weighted by Crippen LogP contribution is 2.32. The largest absolute Gasteiger partial charge is 0.492 e. The lowest BCUT2D eigenvalue weighted by Crippen LogP contribution is -2.33. The molecule has 2 aromatic rings. The van der Waals surface area contributed by atoms with Crippen LogP contribution in [0.5, 0.6) is 5.75 Å². The number of rotatable bonds is 3. The fraction of sp³-hybridized carbons (Fsp3) is 0.444. The topological polar surface area (TPSA) is 56.2 Å². The molecule has 5 nitrogen and oxygen atoms in total. The number of hydrogen-bond donors (Lipinski definition) is 1. The van der Waals surface area contributed by atoms with Gasteiger partial charge in [0.2, 0.25) is 5.91 Å². The lowest BCUT2D eigenvalue weighted by Gasteiger charge is -2.25. The van der Waals surface area contributed by atoms with E-state index in [9.17, 15) is 4.79 Å². The normalized spacial score (nSPS) is 20.8. The Hall–Kier alpha value is -2.30. The van der Waals surface area contributed by atoms with Gasteiger partial charge in [0.05, 0.1) is 18.2 Å². The molecule has 1 aliphatic carbocycles. The maximum atomic E-state index is 12.6. The molecule has 1 fully saturated rings. The van der Waals surface area contributed by atoms with Gasteiger partial charge in [-0.05, 0) is 30.9 Å². The molecule has 0 saturated heterocycles. The maximum absolute atomic E-state index is 12.6. The number of benzene rings is 1. The van der Waals surface area contributed by atoms with Gasteiger partial charge in [0.25, 0.3) is 0 Å². The molecule has 0 radical (unpaired) electrons. The number of aromatic nitrogens is 2. The first-order valence-corrected chi connectivity index (χ1v) is 8.36. The van der Waals surface area contributed by atoms with Crippen molar-refractivity contribution in [2.45, 2.75) is 38.1 Å². The summed E-state index contributed by atoms with van der Waals surface area (Å²) in [6.07, 6.45) is 7.26. The highest BCUT2D eigenvalue weighted by Gasteiger charge is 2.27. The van der Waals surface area contributed by atoms with E-state index in [2.05, 4.69) is 10.4 Å². The average molecular weight is 311 g/mol. The van der Waals surface area contributed by atoms with Gasteiger partial charge in [0, 0.05) is 6.07 Å². The molecule has 2 heterocycles. The summed E-state index contributed by atoms with van der Waals surface area (Å²) in [7, 11) is 0. The SMILES string of the molecule is O=C(Nc1ccnn1C1CCCC1)C1COc2ccccc2C1. The molecule has 1 aromatic heterocycles. The van der Waals surface area contributed by atoms with Crippen molar-refractivity contribution in [3.05, 3.63) is 42.1 Å². The van der Waals surface area contributed by atoms with Crippen molar-refractivity contribution in [2.75, 3.05) is 11.9 Å². The Kier molecular flexibility index (Phi) is 3.77. The van der Waals surface area contributed by atoms with Crippen LogP contribution in [0.1, 0.15) is 37.3 Å². The summed E-state index contributed by atoms with van der Waals surface area (Å²) in [6, 6.07) is 10.2. The Morgan fingerprint density at radius 1 is 1.22 bits per heavy atom. The summed E-state index contributed by atoms with van der Waals surface area (Å²) in [4.78, 5) is 12.6. The van der Waals surface area contributed by atoms with E-state index in [4.69, 9.17) is 4.74 Å². The van der Waals surface area contributed by atoms with Gasteiger partial charge in [-0.15, -0.1) is 0 Å². The van der Waals surface area contributed by atoms with E-state index in [0.717, 1.165) is 36.4 Å². The molecule has 1 atom stereocenters. The molecule has 2 aliphatic rings. The number of amides is 1. The molecule has 1 amide bonds. The smallest absolute Gasteiger partial charge is 0.232 e. The van der Waals surface area contributed by atoms with Crippen molar-refractivity contribution in [1.82, 2.24) is 9.78 Å². The number of ether oxygens (including phenoxy) is 1. The van der Waals surface area contributed by atoms with E-state index < -0.39 is 0 Å². The number of nitrogens with one attached hydrogen (secondary N) is 1. The predicted molar refractivity (Wildman–Crippen MR) is 87.5 cm³/mol. The van der Waals surface area contributed by atoms with Crippen LogP contribution in [0.4, 0.5) is 5.82 Å². The minimum Gasteiger partial charge on any atom is -0.492 e. The van der Waals surface area contributed by atoms with Gasteiger partial charge in [-0.2, -0.15) is 5.10 Å². The lowest BCUT2D eigenvalue weighted by atomic mass is 9.96. The van der Waals surface area contributed by atoms with E-state index in [1.807, 2.05) is 35.0 Å². The third-order valence-electron chi connectivity index (χ3n) is 4.84. The van der Waals surface area contributed by atoms with Crippen molar-refractivity contribution in [1.29, 1.82) is 0 Å². The second-order valence-corrected chi connectivity index (χ2v) is 6.41. The summed E-state index contributed by atoms with van der Waals surface area (Å²) >= 11 is 0. The van der Waals surface area contributed by atoms with Crippen LogP contribution in [0.15, 0.2) is 36.5 Å². The van der Waals surface area contributed by atoms with Crippen LogP contribution in [0.3, 0.4) is 0 Å². The highest BCUT2D eigenvalue weighted by atomic mass is 16.5. The number of anilines is 1. The summed E-state index contributed by atoms with van der Waals surface area (Å²) in [6.45, 7) is 0.431. The first-order chi connectivity index (χ1) is 11.3. The van der Waals surface area contributed by atoms with E-state index in [1.54, 1.807) is 6.20 Å². The average Bonchev–Trinajstić information content (AvgIpc) is 3.25. The molecule has 0 spiro atoms. The number of nitrogens with zero attached hydrogens (tertiary/aromatic N) is 2. The zero-order valence-electron chi connectivity index (χ0n) is 13.1. The lowest BCUT2D eigenvalue weighted by molar-refractivity contribution is -0.121. The molecule has 0 bridgehead atoms. The van der Waals surface area contributed by atoms with E-state index >= 15 is 0 Å². The molecule has 1 N–H and O–H groups in total. The summed E-state index contributed by atoms with van der Waals surface area (Å²) in [5.41, 5.74) is 1.10. The van der Waals surface area contributed by atoms with Crippen LogP contribution in [0, 0.1) is 5.92 Å². The summed E-state index contributed by atoms with van der Waals surface area (Å²) < 4.78 is 7.70. The van der Waals surface area contributed by atoms with E-state index in [-0.39, 0.29) is 11.8 Å². The first-order valence-electron chi connectivity index (χ1n) is 8.36. The van der Waals surface area contributed by atoms with E-state index in [0.29, 0.717) is 12.6 Å². The Morgan fingerprint density at radius 3 is 2.91 bits per heavy atom.